The van der Waals surface area contributed by atoms with Crippen LogP contribution in [0.2, 0.25) is 13.1 Å². The molecule has 0 heterocycles. The second-order valence-corrected chi connectivity index (χ2v) is 14.0. The largest absolute Gasteiger partial charge is 0.467 e. The number of hydrogen-bond donors (Lipinski definition) is 0. The van der Waals surface area contributed by atoms with Crippen LogP contribution < -0.4 is 9.92 Å². The van der Waals surface area contributed by atoms with E-state index in [-0.39, 0.29) is 12.2 Å². The van der Waals surface area contributed by atoms with Gasteiger partial charge in [0.2, 0.25) is 0 Å². The van der Waals surface area contributed by atoms with E-state index in [2.05, 4.69) is 80.6 Å². The lowest BCUT2D eigenvalue weighted by atomic mass is 9.85. The van der Waals surface area contributed by atoms with Crippen molar-refractivity contribution >= 4 is 13.3 Å². The number of methoxy groups -OCH3 is 1. The molecule has 0 N–H and O–H groups in total. The van der Waals surface area contributed by atoms with E-state index in [1.807, 2.05) is 0 Å². The monoisotopic (exact) mass is 386 g/mol. The van der Waals surface area contributed by atoms with Crippen molar-refractivity contribution in [1.82, 2.24) is 0 Å². The molecule has 3 heteroatoms. The lowest BCUT2D eigenvalue weighted by molar-refractivity contribution is 0.0505. The fourth-order valence-electron chi connectivity index (χ4n) is 4.59. The molecule has 0 radical (unpaired) electrons. The molecule has 0 saturated heterocycles. The van der Waals surface area contributed by atoms with Gasteiger partial charge in [-0.2, -0.15) is 0 Å². The van der Waals surface area contributed by atoms with Gasteiger partial charge in [0.25, 0.3) is 0 Å². The van der Waals surface area contributed by atoms with Gasteiger partial charge >= 0.3 is 0 Å². The summed E-state index contributed by atoms with van der Waals surface area (Å²) < 4.78 is 11.5. The van der Waals surface area contributed by atoms with Gasteiger partial charge in [0, 0.05) is 7.11 Å². The van der Waals surface area contributed by atoms with Gasteiger partial charge in [-0.15, -0.1) is 0 Å². The number of rotatable bonds is 5. The molecule has 2 rings (SSSR count). The van der Waals surface area contributed by atoms with E-state index in [0.29, 0.717) is 5.92 Å². The third kappa shape index (κ3) is 3.95. The van der Waals surface area contributed by atoms with Gasteiger partial charge < -0.3 is 9.47 Å². The Morgan fingerprint density at radius 1 is 1.00 bits per heavy atom. The zero-order valence-corrected chi connectivity index (χ0v) is 20.3. The molecule has 2 nitrogen and oxygen atoms in total. The second-order valence-electron chi connectivity index (χ2n) is 9.68. The molecule has 0 aromatic heterocycles. The summed E-state index contributed by atoms with van der Waals surface area (Å²) in [6.07, 6.45) is 0. The number of benzene rings is 1. The van der Waals surface area contributed by atoms with Crippen LogP contribution in [0.4, 0.5) is 0 Å². The van der Waals surface area contributed by atoms with E-state index in [4.69, 9.17) is 9.47 Å². The summed E-state index contributed by atoms with van der Waals surface area (Å²) in [6.45, 7) is 23.5. The van der Waals surface area contributed by atoms with Gasteiger partial charge in [-0.1, -0.05) is 74.8 Å². The lowest BCUT2D eigenvalue weighted by Gasteiger charge is -2.34. The Bertz CT molecular complexity index is 791. The molecule has 150 valence electrons. The molecule has 0 aliphatic heterocycles. The molecule has 1 aliphatic carbocycles. The van der Waals surface area contributed by atoms with Crippen molar-refractivity contribution in [1.29, 1.82) is 0 Å². The molecular weight excluding hydrogens is 348 g/mol. The van der Waals surface area contributed by atoms with Crippen LogP contribution in [0.3, 0.4) is 0 Å². The quantitative estimate of drug-likeness (QED) is 0.454. The van der Waals surface area contributed by atoms with E-state index in [9.17, 15) is 0 Å². The SMILES string of the molecule is COCOc1c(C(C)(C)C)cc(C)cc1[Si](C)(C)C1=C(C)C(C)=C(C)C1C. The standard InChI is InChI=1S/C24H38O2Si/c1-15-12-20(24(6,7)8)22(26-14-25-9)21(13-15)27(10,11)23-18(4)16(2)17(3)19(23)5/h12-13,18H,14H2,1-11H3. The van der Waals surface area contributed by atoms with Crippen LogP contribution in [0.15, 0.2) is 34.0 Å². The van der Waals surface area contributed by atoms with Crippen LogP contribution in [0.25, 0.3) is 0 Å². The van der Waals surface area contributed by atoms with Crippen molar-refractivity contribution in [3.05, 3.63) is 45.2 Å². The molecular formula is C24H38O2Si. The van der Waals surface area contributed by atoms with Gasteiger partial charge in [-0.05, 0) is 55.4 Å². The summed E-state index contributed by atoms with van der Waals surface area (Å²) in [6, 6.07) is 4.65. The smallest absolute Gasteiger partial charge is 0.188 e. The molecule has 27 heavy (non-hydrogen) atoms. The normalized spacial score (nSPS) is 18.6. The molecule has 0 spiro atoms. The first-order valence-corrected chi connectivity index (χ1v) is 13.0. The maximum atomic E-state index is 6.25. The Morgan fingerprint density at radius 2 is 1.59 bits per heavy atom. The zero-order chi connectivity index (χ0) is 20.7. The van der Waals surface area contributed by atoms with Gasteiger partial charge in [0.1, 0.15) is 13.8 Å². The fraction of sp³-hybridized carbons (Fsp3) is 0.583. The van der Waals surface area contributed by atoms with Crippen molar-refractivity contribution in [3.63, 3.8) is 0 Å². The Labute approximate surface area is 167 Å². The first-order valence-electron chi connectivity index (χ1n) is 10.00. The molecule has 0 fully saturated rings. The van der Waals surface area contributed by atoms with Crippen LogP contribution in [0.1, 0.15) is 59.6 Å². The van der Waals surface area contributed by atoms with Crippen LogP contribution in [-0.2, 0) is 10.2 Å². The topological polar surface area (TPSA) is 18.5 Å². The highest BCUT2D eigenvalue weighted by Crippen LogP contribution is 2.43. The van der Waals surface area contributed by atoms with Crippen LogP contribution in [0, 0.1) is 12.8 Å². The Balaban J connectivity index is 2.75. The van der Waals surface area contributed by atoms with Crippen molar-refractivity contribution in [2.75, 3.05) is 13.9 Å². The first-order chi connectivity index (χ1) is 12.3. The summed E-state index contributed by atoms with van der Waals surface area (Å²) in [4.78, 5) is 0. The second kappa shape index (κ2) is 7.60. The lowest BCUT2D eigenvalue weighted by Crippen LogP contribution is -2.47. The van der Waals surface area contributed by atoms with Crippen molar-refractivity contribution < 1.29 is 9.47 Å². The minimum atomic E-state index is -1.93. The maximum Gasteiger partial charge on any atom is 0.188 e. The van der Waals surface area contributed by atoms with E-state index >= 15 is 0 Å². The van der Waals surface area contributed by atoms with Gasteiger partial charge in [-0.3, -0.25) is 0 Å². The van der Waals surface area contributed by atoms with Crippen molar-refractivity contribution in [3.8, 4) is 5.75 Å². The summed E-state index contributed by atoms with van der Waals surface area (Å²) in [7, 11) is -0.245. The van der Waals surface area contributed by atoms with Crippen molar-refractivity contribution in [2.24, 2.45) is 5.92 Å². The van der Waals surface area contributed by atoms with Crippen LogP contribution in [0.5, 0.6) is 5.75 Å². The predicted molar refractivity (Wildman–Crippen MR) is 120 cm³/mol. The van der Waals surface area contributed by atoms with Gasteiger partial charge in [0.05, 0.1) is 0 Å². The van der Waals surface area contributed by atoms with Crippen LogP contribution in [-0.4, -0.2) is 22.0 Å². The molecule has 1 unspecified atom stereocenters. The Hall–Kier alpha value is -1.32. The summed E-state index contributed by atoms with van der Waals surface area (Å²) in [5.41, 5.74) is 7.09. The number of aryl methyl sites for hydroxylation is 1. The third-order valence-corrected chi connectivity index (χ3v) is 10.2. The van der Waals surface area contributed by atoms with Gasteiger partial charge in [-0.25, -0.2) is 0 Å². The van der Waals surface area contributed by atoms with E-state index < -0.39 is 8.07 Å². The number of allylic oxidation sites excluding steroid dienone is 4. The highest BCUT2D eigenvalue weighted by molar-refractivity contribution is 6.96. The van der Waals surface area contributed by atoms with E-state index in [1.54, 1.807) is 12.3 Å². The number of ether oxygens (including phenoxy) is 2. The minimum Gasteiger partial charge on any atom is -0.467 e. The Morgan fingerprint density at radius 3 is 2.04 bits per heavy atom. The highest BCUT2D eigenvalue weighted by Gasteiger charge is 2.40. The highest BCUT2D eigenvalue weighted by atomic mass is 28.3. The molecule has 0 amide bonds. The molecule has 1 atom stereocenters. The average molecular weight is 387 g/mol. The van der Waals surface area contributed by atoms with E-state index in [0.717, 1.165) is 5.75 Å². The average Bonchev–Trinajstić information content (AvgIpc) is 2.75. The van der Waals surface area contributed by atoms with Gasteiger partial charge in [0.15, 0.2) is 6.79 Å². The molecule has 0 saturated carbocycles. The third-order valence-electron chi connectivity index (χ3n) is 6.35. The Kier molecular flexibility index (Phi) is 6.18. The summed E-state index contributed by atoms with van der Waals surface area (Å²) in [5, 5.41) is 3.04. The van der Waals surface area contributed by atoms with Crippen LogP contribution >= 0.6 is 0 Å². The molecule has 1 aromatic carbocycles. The summed E-state index contributed by atoms with van der Waals surface area (Å²) in [5.74, 6) is 1.56. The molecule has 0 bridgehead atoms. The van der Waals surface area contributed by atoms with Crippen molar-refractivity contribution in [2.45, 2.75) is 73.9 Å². The molecule has 1 aromatic rings. The number of hydrogen-bond acceptors (Lipinski definition) is 2. The summed E-state index contributed by atoms with van der Waals surface area (Å²) >= 11 is 0. The zero-order valence-electron chi connectivity index (χ0n) is 19.3. The van der Waals surface area contributed by atoms with E-state index in [1.165, 1.54) is 33.0 Å². The fourth-order valence-corrected chi connectivity index (χ4v) is 8.66. The predicted octanol–water partition coefficient (Wildman–Crippen LogP) is 6.03. The molecule has 1 aliphatic rings. The first kappa shape index (κ1) is 22.0. The minimum absolute atomic E-state index is 0.0170. The maximum absolute atomic E-state index is 6.25.